The van der Waals surface area contributed by atoms with Crippen molar-refractivity contribution in [3.05, 3.63) is 11.7 Å². The average Bonchev–Trinajstić information content (AvgIpc) is 3.14. The van der Waals surface area contributed by atoms with Crippen molar-refractivity contribution in [3.63, 3.8) is 0 Å². The van der Waals surface area contributed by atoms with Crippen LogP contribution in [0.2, 0.25) is 0 Å². The lowest BCUT2D eigenvalue weighted by Crippen LogP contribution is -2.28. The van der Waals surface area contributed by atoms with Crippen molar-refractivity contribution in [1.82, 2.24) is 15.5 Å². The molecule has 1 N–H and O–H groups in total. The first kappa shape index (κ1) is 12.1. The molecule has 5 heteroatoms. The first-order chi connectivity index (χ1) is 8.88. The summed E-state index contributed by atoms with van der Waals surface area (Å²) in [6, 6.07) is 0. The minimum absolute atomic E-state index is 0.0454. The predicted molar refractivity (Wildman–Crippen MR) is 66.2 cm³/mol. The van der Waals surface area contributed by atoms with Gasteiger partial charge in [-0.1, -0.05) is 5.16 Å². The zero-order chi connectivity index (χ0) is 12.4. The number of ether oxygens (including phenoxy) is 1. The zero-order valence-electron chi connectivity index (χ0n) is 10.9. The van der Waals surface area contributed by atoms with Crippen LogP contribution in [0.4, 0.5) is 0 Å². The van der Waals surface area contributed by atoms with Crippen LogP contribution in [0.3, 0.4) is 0 Å². The molecule has 2 aliphatic rings. The van der Waals surface area contributed by atoms with Crippen LogP contribution in [0.15, 0.2) is 4.52 Å². The third-order valence-corrected chi connectivity index (χ3v) is 3.75. The van der Waals surface area contributed by atoms with Crippen LogP contribution in [0.1, 0.15) is 56.3 Å². The predicted octanol–water partition coefficient (Wildman–Crippen LogP) is 2.02. The van der Waals surface area contributed by atoms with E-state index in [1.165, 1.54) is 19.3 Å². The van der Waals surface area contributed by atoms with Crippen LogP contribution in [-0.2, 0) is 4.74 Å². The maximum Gasteiger partial charge on any atom is 0.231 e. The van der Waals surface area contributed by atoms with Crippen LogP contribution in [-0.4, -0.2) is 29.8 Å². The Bertz CT molecular complexity index is 383. The highest BCUT2D eigenvalue weighted by atomic mass is 16.5. The second-order valence-electron chi connectivity index (χ2n) is 5.25. The maximum atomic E-state index is 5.75. The van der Waals surface area contributed by atoms with Gasteiger partial charge in [0, 0.05) is 13.2 Å². The second kappa shape index (κ2) is 5.36. The molecule has 0 amide bonds. The molecular formula is C13H21N3O2. The molecule has 18 heavy (non-hydrogen) atoms. The van der Waals surface area contributed by atoms with Gasteiger partial charge in [0.2, 0.25) is 11.7 Å². The highest BCUT2D eigenvalue weighted by Crippen LogP contribution is 2.42. The highest BCUT2D eigenvalue weighted by molar-refractivity contribution is 5.02. The standard InChI is InChI=1S/C13H21N3O2/c1-2-17-11(9-5-6-9)12-15-13(18-16-12)10-4-3-7-14-8-10/h9-11,14H,2-8H2,1H3. The molecule has 1 saturated carbocycles. The highest BCUT2D eigenvalue weighted by Gasteiger charge is 2.36. The van der Waals surface area contributed by atoms with Gasteiger partial charge in [-0.05, 0) is 45.1 Å². The molecule has 2 atom stereocenters. The van der Waals surface area contributed by atoms with E-state index in [2.05, 4.69) is 15.5 Å². The Morgan fingerprint density at radius 1 is 1.44 bits per heavy atom. The number of hydrogen-bond acceptors (Lipinski definition) is 5. The van der Waals surface area contributed by atoms with Gasteiger partial charge in [0.05, 0.1) is 5.92 Å². The van der Waals surface area contributed by atoms with Gasteiger partial charge in [0.15, 0.2) is 0 Å². The van der Waals surface area contributed by atoms with Gasteiger partial charge in [-0.25, -0.2) is 0 Å². The van der Waals surface area contributed by atoms with Gasteiger partial charge >= 0.3 is 0 Å². The fraction of sp³-hybridized carbons (Fsp3) is 0.846. The van der Waals surface area contributed by atoms with E-state index in [-0.39, 0.29) is 6.10 Å². The normalized spacial score (nSPS) is 26.2. The topological polar surface area (TPSA) is 60.2 Å². The molecule has 1 saturated heterocycles. The third-order valence-electron chi connectivity index (χ3n) is 3.75. The molecule has 1 aliphatic heterocycles. The van der Waals surface area contributed by atoms with Crippen LogP contribution in [0.25, 0.3) is 0 Å². The Morgan fingerprint density at radius 3 is 3.00 bits per heavy atom. The molecule has 100 valence electrons. The van der Waals surface area contributed by atoms with E-state index in [0.29, 0.717) is 18.4 Å². The van der Waals surface area contributed by atoms with E-state index in [4.69, 9.17) is 9.26 Å². The third kappa shape index (κ3) is 2.57. The molecule has 1 aromatic rings. The van der Waals surface area contributed by atoms with Crippen molar-refractivity contribution in [3.8, 4) is 0 Å². The van der Waals surface area contributed by atoms with Gasteiger partial charge in [0.25, 0.3) is 0 Å². The number of piperidine rings is 1. The summed E-state index contributed by atoms with van der Waals surface area (Å²) in [5.41, 5.74) is 0. The SMILES string of the molecule is CCOC(c1noc(C2CCCNC2)n1)C1CC1. The lowest BCUT2D eigenvalue weighted by Gasteiger charge is -2.18. The van der Waals surface area contributed by atoms with E-state index >= 15 is 0 Å². The zero-order valence-corrected chi connectivity index (χ0v) is 10.9. The summed E-state index contributed by atoms with van der Waals surface area (Å²) in [5, 5.41) is 7.51. The number of aromatic nitrogens is 2. The summed E-state index contributed by atoms with van der Waals surface area (Å²) in [6.07, 6.45) is 4.81. The summed E-state index contributed by atoms with van der Waals surface area (Å²) in [5.74, 6) is 2.50. The van der Waals surface area contributed by atoms with Gasteiger partial charge in [0.1, 0.15) is 6.10 Å². The van der Waals surface area contributed by atoms with Crippen molar-refractivity contribution < 1.29 is 9.26 Å². The monoisotopic (exact) mass is 251 g/mol. The average molecular weight is 251 g/mol. The van der Waals surface area contributed by atoms with Gasteiger partial charge < -0.3 is 14.6 Å². The molecule has 5 nitrogen and oxygen atoms in total. The van der Waals surface area contributed by atoms with Crippen molar-refractivity contribution in [1.29, 1.82) is 0 Å². The molecule has 2 heterocycles. The minimum Gasteiger partial charge on any atom is -0.370 e. The molecular weight excluding hydrogens is 230 g/mol. The number of nitrogens with zero attached hydrogens (tertiary/aromatic N) is 2. The quantitative estimate of drug-likeness (QED) is 0.867. The van der Waals surface area contributed by atoms with Gasteiger partial charge in [-0.2, -0.15) is 4.98 Å². The Balaban J connectivity index is 1.70. The maximum absolute atomic E-state index is 5.75. The summed E-state index contributed by atoms with van der Waals surface area (Å²) in [7, 11) is 0. The van der Waals surface area contributed by atoms with Crippen LogP contribution in [0.5, 0.6) is 0 Å². The molecule has 3 rings (SSSR count). The molecule has 0 radical (unpaired) electrons. The second-order valence-corrected chi connectivity index (χ2v) is 5.25. The van der Waals surface area contributed by atoms with Gasteiger partial charge in [-0.15, -0.1) is 0 Å². The van der Waals surface area contributed by atoms with Crippen molar-refractivity contribution in [2.75, 3.05) is 19.7 Å². The minimum atomic E-state index is 0.0454. The van der Waals surface area contributed by atoms with E-state index in [1.807, 2.05) is 6.92 Å². The molecule has 0 aromatic carbocycles. The van der Waals surface area contributed by atoms with E-state index in [9.17, 15) is 0 Å². The van der Waals surface area contributed by atoms with E-state index < -0.39 is 0 Å². The lowest BCUT2D eigenvalue weighted by molar-refractivity contribution is 0.0384. The Hall–Kier alpha value is -0.940. The fourth-order valence-corrected chi connectivity index (χ4v) is 2.59. The van der Waals surface area contributed by atoms with Crippen molar-refractivity contribution in [2.45, 2.75) is 44.6 Å². The van der Waals surface area contributed by atoms with E-state index in [1.54, 1.807) is 0 Å². The van der Waals surface area contributed by atoms with E-state index in [0.717, 1.165) is 31.2 Å². The van der Waals surface area contributed by atoms with Crippen LogP contribution >= 0.6 is 0 Å². The number of nitrogens with one attached hydrogen (secondary N) is 1. The summed E-state index contributed by atoms with van der Waals surface area (Å²) >= 11 is 0. The molecule has 2 fully saturated rings. The molecule has 0 bridgehead atoms. The largest absolute Gasteiger partial charge is 0.370 e. The molecule has 2 unspecified atom stereocenters. The first-order valence-electron chi connectivity index (χ1n) is 7.04. The molecule has 1 aliphatic carbocycles. The summed E-state index contributed by atoms with van der Waals surface area (Å²) in [4.78, 5) is 4.57. The lowest BCUT2D eigenvalue weighted by atomic mass is 10.00. The van der Waals surface area contributed by atoms with Gasteiger partial charge in [-0.3, -0.25) is 0 Å². The Labute approximate surface area is 107 Å². The van der Waals surface area contributed by atoms with Crippen molar-refractivity contribution in [2.24, 2.45) is 5.92 Å². The Morgan fingerprint density at radius 2 is 2.33 bits per heavy atom. The fourth-order valence-electron chi connectivity index (χ4n) is 2.59. The van der Waals surface area contributed by atoms with Crippen LogP contribution in [0, 0.1) is 5.92 Å². The van der Waals surface area contributed by atoms with Crippen LogP contribution < -0.4 is 5.32 Å². The smallest absolute Gasteiger partial charge is 0.231 e. The summed E-state index contributed by atoms with van der Waals surface area (Å²) < 4.78 is 11.2. The number of rotatable bonds is 5. The van der Waals surface area contributed by atoms with Crippen molar-refractivity contribution >= 4 is 0 Å². The number of hydrogen-bond donors (Lipinski definition) is 1. The summed E-state index contributed by atoms with van der Waals surface area (Å²) in [6.45, 7) is 4.77. The molecule has 0 spiro atoms. The first-order valence-corrected chi connectivity index (χ1v) is 7.04. The Kier molecular flexibility index (Phi) is 3.61. The molecule has 1 aromatic heterocycles.